The van der Waals surface area contributed by atoms with Crippen LogP contribution in [0.3, 0.4) is 0 Å². The molecule has 9 nitrogen and oxygen atoms in total. The lowest BCUT2D eigenvalue weighted by Crippen LogP contribution is -2.42. The van der Waals surface area contributed by atoms with Gasteiger partial charge in [0.1, 0.15) is 5.82 Å². The van der Waals surface area contributed by atoms with E-state index in [0.29, 0.717) is 19.5 Å². The molecular weight excluding hydrogens is 440 g/mol. The summed E-state index contributed by atoms with van der Waals surface area (Å²) in [4.78, 5) is 46.8. The summed E-state index contributed by atoms with van der Waals surface area (Å²) >= 11 is 1.33. The lowest BCUT2D eigenvalue weighted by molar-refractivity contribution is -0.116. The number of rotatable bonds is 10. The summed E-state index contributed by atoms with van der Waals surface area (Å²) < 4.78 is 3.39. The van der Waals surface area contributed by atoms with Crippen molar-refractivity contribution >= 4 is 40.2 Å². The largest absolute Gasteiger partial charge is 0.383 e. The Morgan fingerprint density at radius 3 is 2.61 bits per heavy atom. The SMILES string of the molecule is CCCCN(C(=O)CSc1nc2ccccc2n1CC)c1c(N)n(CC(C)C)c(=O)[nH]c1=O. The van der Waals surface area contributed by atoms with Gasteiger partial charge in [0.25, 0.3) is 5.56 Å². The van der Waals surface area contributed by atoms with Crippen LogP contribution in [0.2, 0.25) is 0 Å². The van der Waals surface area contributed by atoms with Crippen LogP contribution in [0, 0.1) is 5.92 Å². The first-order valence-electron chi connectivity index (χ1n) is 11.3. The zero-order chi connectivity index (χ0) is 24.1. The number of aryl methyl sites for hydroxylation is 1. The molecule has 0 unspecified atom stereocenters. The minimum atomic E-state index is -0.646. The molecule has 33 heavy (non-hydrogen) atoms. The van der Waals surface area contributed by atoms with E-state index >= 15 is 0 Å². The van der Waals surface area contributed by atoms with Crippen molar-refractivity contribution in [1.29, 1.82) is 0 Å². The molecule has 1 amide bonds. The molecule has 3 aromatic rings. The molecule has 0 aliphatic heterocycles. The van der Waals surface area contributed by atoms with Gasteiger partial charge in [0, 0.05) is 19.6 Å². The van der Waals surface area contributed by atoms with Crippen LogP contribution < -0.4 is 21.9 Å². The predicted octanol–water partition coefficient (Wildman–Crippen LogP) is 3.07. The predicted molar refractivity (Wildman–Crippen MR) is 134 cm³/mol. The van der Waals surface area contributed by atoms with E-state index < -0.39 is 11.2 Å². The molecular formula is C23H32N6O3S. The Kier molecular flexibility index (Phi) is 8.01. The molecule has 2 aromatic heterocycles. The second-order valence-corrected chi connectivity index (χ2v) is 9.26. The minimum Gasteiger partial charge on any atom is -0.383 e. The first kappa shape index (κ1) is 24.6. The Hall–Kier alpha value is -3.01. The Balaban J connectivity index is 1.93. The van der Waals surface area contributed by atoms with Crippen LogP contribution in [0.15, 0.2) is 39.0 Å². The smallest absolute Gasteiger partial charge is 0.330 e. The summed E-state index contributed by atoms with van der Waals surface area (Å²) in [6.07, 6.45) is 1.54. The third kappa shape index (κ3) is 5.32. The molecule has 0 spiro atoms. The van der Waals surface area contributed by atoms with Crippen molar-refractivity contribution in [3.63, 3.8) is 0 Å². The number of H-pyrrole nitrogens is 1. The molecule has 0 saturated carbocycles. The standard InChI is InChI=1S/C23H32N6O3S/c1-5-7-12-28(19-20(24)29(13-15(3)4)22(32)26-21(19)31)18(30)14-33-23-25-16-10-8-9-11-17(16)27(23)6-2/h8-11,15H,5-7,12-14,24H2,1-4H3,(H,26,31,32). The molecule has 0 aliphatic rings. The highest BCUT2D eigenvalue weighted by molar-refractivity contribution is 7.99. The van der Waals surface area contributed by atoms with Crippen molar-refractivity contribution in [2.24, 2.45) is 5.92 Å². The third-order valence-corrected chi connectivity index (χ3v) is 6.29. The number of nitrogens with one attached hydrogen (secondary N) is 1. The molecule has 3 N–H and O–H groups in total. The Morgan fingerprint density at radius 2 is 1.94 bits per heavy atom. The summed E-state index contributed by atoms with van der Waals surface area (Å²) in [5.41, 5.74) is 6.99. The average molecular weight is 473 g/mol. The van der Waals surface area contributed by atoms with Crippen LogP contribution in [0.25, 0.3) is 11.0 Å². The van der Waals surface area contributed by atoms with Crippen LogP contribution in [0.5, 0.6) is 0 Å². The molecule has 10 heteroatoms. The molecule has 0 bridgehead atoms. The van der Waals surface area contributed by atoms with E-state index in [-0.39, 0.29) is 29.1 Å². The second kappa shape index (κ2) is 10.7. The highest BCUT2D eigenvalue weighted by Gasteiger charge is 2.25. The number of carbonyl (C=O) groups excluding carboxylic acids is 1. The van der Waals surface area contributed by atoms with E-state index in [1.165, 1.54) is 21.2 Å². The highest BCUT2D eigenvalue weighted by atomic mass is 32.2. The summed E-state index contributed by atoms with van der Waals surface area (Å²) in [5, 5.41) is 0.745. The number of nitrogens with zero attached hydrogens (tertiary/aromatic N) is 4. The first-order valence-corrected chi connectivity index (χ1v) is 12.3. The van der Waals surface area contributed by atoms with Gasteiger partial charge in [0.2, 0.25) is 5.91 Å². The maximum Gasteiger partial charge on any atom is 0.330 e. The summed E-state index contributed by atoms with van der Waals surface area (Å²) in [6, 6.07) is 7.84. The van der Waals surface area contributed by atoms with E-state index in [9.17, 15) is 14.4 Å². The van der Waals surface area contributed by atoms with Crippen LogP contribution in [-0.2, 0) is 17.9 Å². The Morgan fingerprint density at radius 1 is 1.21 bits per heavy atom. The fraction of sp³-hybridized carbons (Fsp3) is 0.478. The molecule has 0 saturated heterocycles. The number of para-hydroxylation sites is 2. The normalized spacial score (nSPS) is 11.4. The van der Waals surface area contributed by atoms with Crippen LogP contribution in [-0.4, -0.2) is 37.3 Å². The highest BCUT2D eigenvalue weighted by Crippen LogP contribution is 2.26. The monoisotopic (exact) mass is 472 g/mol. The van der Waals surface area contributed by atoms with Crippen molar-refractivity contribution in [3.05, 3.63) is 45.1 Å². The van der Waals surface area contributed by atoms with Crippen LogP contribution >= 0.6 is 11.8 Å². The molecule has 2 heterocycles. The Labute approximate surface area is 197 Å². The molecule has 0 radical (unpaired) electrons. The number of hydrogen-bond acceptors (Lipinski definition) is 6. The van der Waals surface area contributed by atoms with Crippen LogP contribution in [0.1, 0.15) is 40.5 Å². The fourth-order valence-corrected chi connectivity index (χ4v) is 4.69. The third-order valence-electron chi connectivity index (χ3n) is 5.33. The summed E-state index contributed by atoms with van der Waals surface area (Å²) in [6.45, 7) is 9.36. The minimum absolute atomic E-state index is 0.0210. The molecule has 1 aromatic carbocycles. The Bertz CT molecular complexity index is 1240. The van der Waals surface area contributed by atoms with Crippen molar-refractivity contribution in [1.82, 2.24) is 19.1 Å². The van der Waals surface area contributed by atoms with Crippen molar-refractivity contribution < 1.29 is 4.79 Å². The number of nitrogens with two attached hydrogens (primary N) is 1. The number of hydrogen-bond donors (Lipinski definition) is 2. The quantitative estimate of drug-likeness (QED) is 0.438. The zero-order valence-corrected chi connectivity index (χ0v) is 20.4. The van der Waals surface area contributed by atoms with Crippen LogP contribution in [0.4, 0.5) is 11.5 Å². The maximum atomic E-state index is 13.3. The lowest BCUT2D eigenvalue weighted by Gasteiger charge is -2.24. The van der Waals surface area contributed by atoms with Crippen molar-refractivity contribution in [3.8, 4) is 0 Å². The number of unbranched alkanes of at least 4 members (excludes halogenated alkanes) is 1. The number of benzene rings is 1. The maximum absolute atomic E-state index is 13.3. The van der Waals surface area contributed by atoms with Gasteiger partial charge in [0.15, 0.2) is 10.8 Å². The summed E-state index contributed by atoms with van der Waals surface area (Å²) in [7, 11) is 0. The molecule has 0 aliphatic carbocycles. The van der Waals surface area contributed by atoms with E-state index in [1.54, 1.807) is 0 Å². The number of imidazole rings is 1. The lowest BCUT2D eigenvalue weighted by atomic mass is 10.2. The van der Waals surface area contributed by atoms with Gasteiger partial charge in [-0.2, -0.15) is 0 Å². The molecule has 3 rings (SSSR count). The number of aromatic nitrogens is 4. The number of amides is 1. The fourth-order valence-electron chi connectivity index (χ4n) is 3.74. The van der Waals surface area contributed by atoms with Gasteiger partial charge in [0.05, 0.1) is 16.8 Å². The number of aromatic amines is 1. The summed E-state index contributed by atoms with van der Waals surface area (Å²) in [5.74, 6) is -0.00109. The van der Waals surface area contributed by atoms with Gasteiger partial charge < -0.3 is 15.2 Å². The number of nitrogen functional groups attached to an aromatic ring is 1. The molecule has 0 fully saturated rings. The van der Waals surface area contributed by atoms with Gasteiger partial charge in [-0.1, -0.05) is 51.1 Å². The van der Waals surface area contributed by atoms with E-state index in [2.05, 4.69) is 14.5 Å². The molecule has 0 atom stereocenters. The molecule has 178 valence electrons. The van der Waals surface area contributed by atoms with Gasteiger partial charge in [-0.05, 0) is 31.4 Å². The van der Waals surface area contributed by atoms with E-state index in [0.717, 1.165) is 29.2 Å². The van der Waals surface area contributed by atoms with Gasteiger partial charge in [-0.3, -0.25) is 19.1 Å². The number of thioether (sulfide) groups is 1. The van der Waals surface area contributed by atoms with Gasteiger partial charge in [-0.15, -0.1) is 0 Å². The topological polar surface area (TPSA) is 119 Å². The number of carbonyl (C=O) groups is 1. The first-order chi connectivity index (χ1) is 15.8. The second-order valence-electron chi connectivity index (χ2n) is 8.31. The van der Waals surface area contributed by atoms with Gasteiger partial charge >= 0.3 is 5.69 Å². The van der Waals surface area contributed by atoms with E-state index in [4.69, 9.17) is 5.73 Å². The van der Waals surface area contributed by atoms with Gasteiger partial charge in [-0.25, -0.2) is 9.78 Å². The number of fused-ring (bicyclic) bond motifs is 1. The van der Waals surface area contributed by atoms with Crippen molar-refractivity contribution in [2.45, 2.75) is 58.8 Å². The van der Waals surface area contributed by atoms with E-state index in [1.807, 2.05) is 52.0 Å². The number of anilines is 2. The van der Waals surface area contributed by atoms with Crippen molar-refractivity contribution in [2.75, 3.05) is 22.9 Å². The average Bonchev–Trinajstić information content (AvgIpc) is 3.14. The zero-order valence-electron chi connectivity index (χ0n) is 19.6.